The fourth-order valence-electron chi connectivity index (χ4n) is 1.02. The minimum Gasteiger partial charge on any atom is -0.339 e. The van der Waals surface area contributed by atoms with Crippen LogP contribution in [-0.4, -0.2) is 23.5 Å². The van der Waals surface area contributed by atoms with Crippen molar-refractivity contribution in [3.05, 3.63) is 12.5 Å². The molecule has 0 unspecified atom stereocenters. The molecule has 6 heteroatoms. The van der Waals surface area contributed by atoms with Crippen molar-refractivity contribution in [1.82, 2.24) is 14.3 Å². The highest BCUT2D eigenvalue weighted by atomic mass is 32.2. The number of aromatic nitrogens is 2. The third-order valence-electron chi connectivity index (χ3n) is 2.25. The van der Waals surface area contributed by atoms with Crippen molar-refractivity contribution in [3.8, 4) is 0 Å². The van der Waals surface area contributed by atoms with Crippen LogP contribution in [0.3, 0.4) is 0 Å². The second kappa shape index (κ2) is 3.94. The van der Waals surface area contributed by atoms with Crippen LogP contribution < -0.4 is 4.72 Å². The molecule has 0 aliphatic heterocycles. The molecule has 0 amide bonds. The van der Waals surface area contributed by atoms with E-state index in [1.54, 1.807) is 11.6 Å². The van der Waals surface area contributed by atoms with E-state index < -0.39 is 15.6 Å². The monoisotopic (exact) mass is 231 g/mol. The molecule has 0 saturated carbocycles. The zero-order valence-corrected chi connectivity index (χ0v) is 10.3. The maximum Gasteiger partial charge on any atom is 0.260 e. The van der Waals surface area contributed by atoms with E-state index in [0.717, 1.165) is 6.42 Å². The molecule has 1 N–H and O–H groups in total. The van der Waals surface area contributed by atoms with Gasteiger partial charge in [-0.15, -0.1) is 0 Å². The number of hydrogen-bond acceptors (Lipinski definition) is 3. The van der Waals surface area contributed by atoms with Gasteiger partial charge in [0.2, 0.25) is 0 Å². The summed E-state index contributed by atoms with van der Waals surface area (Å²) >= 11 is 0. The van der Waals surface area contributed by atoms with Crippen LogP contribution in [0, 0.1) is 0 Å². The number of nitrogens with one attached hydrogen (secondary N) is 1. The summed E-state index contributed by atoms with van der Waals surface area (Å²) in [6.45, 7) is 5.61. The Balaban J connectivity index is 2.95. The Morgan fingerprint density at radius 2 is 2.13 bits per heavy atom. The van der Waals surface area contributed by atoms with Gasteiger partial charge in [0, 0.05) is 18.8 Å². The maximum absolute atomic E-state index is 11.8. The molecule has 1 rings (SSSR count). The molecule has 1 heterocycles. The Morgan fingerprint density at radius 3 is 2.53 bits per heavy atom. The van der Waals surface area contributed by atoms with Crippen LogP contribution in [0.15, 0.2) is 17.6 Å². The molecule has 0 spiro atoms. The fourth-order valence-corrected chi connectivity index (χ4v) is 2.48. The highest BCUT2D eigenvalue weighted by molar-refractivity contribution is 7.89. The molecule has 15 heavy (non-hydrogen) atoms. The number of nitrogens with zero attached hydrogens (tertiary/aromatic N) is 2. The van der Waals surface area contributed by atoms with Crippen LogP contribution in [0.1, 0.15) is 27.2 Å². The SMILES string of the molecule is CCC(C)(C)NS(=O)(=O)c1cn(C)cn1. The lowest BCUT2D eigenvalue weighted by Gasteiger charge is -2.23. The van der Waals surface area contributed by atoms with Crippen molar-refractivity contribution in [2.24, 2.45) is 7.05 Å². The van der Waals surface area contributed by atoms with E-state index >= 15 is 0 Å². The average Bonchev–Trinajstić information content (AvgIpc) is 2.51. The Kier molecular flexibility index (Phi) is 3.20. The van der Waals surface area contributed by atoms with Gasteiger partial charge in [0.25, 0.3) is 10.0 Å². The summed E-state index contributed by atoms with van der Waals surface area (Å²) in [5.41, 5.74) is -0.448. The van der Waals surface area contributed by atoms with E-state index in [1.807, 2.05) is 20.8 Å². The van der Waals surface area contributed by atoms with E-state index in [9.17, 15) is 8.42 Å². The predicted molar refractivity (Wildman–Crippen MR) is 57.9 cm³/mol. The maximum atomic E-state index is 11.8. The summed E-state index contributed by atoms with van der Waals surface area (Å²) in [7, 11) is -1.76. The van der Waals surface area contributed by atoms with Gasteiger partial charge in [-0.25, -0.2) is 18.1 Å². The van der Waals surface area contributed by atoms with Crippen molar-refractivity contribution in [3.63, 3.8) is 0 Å². The zero-order valence-electron chi connectivity index (χ0n) is 9.48. The van der Waals surface area contributed by atoms with Crippen LogP contribution in [0.25, 0.3) is 0 Å². The van der Waals surface area contributed by atoms with Crippen molar-refractivity contribution in [2.75, 3.05) is 0 Å². The lowest BCUT2D eigenvalue weighted by molar-refractivity contribution is 0.438. The Morgan fingerprint density at radius 1 is 1.53 bits per heavy atom. The third kappa shape index (κ3) is 3.04. The molecule has 0 aliphatic carbocycles. The molecule has 0 aromatic carbocycles. The number of aryl methyl sites for hydroxylation is 1. The van der Waals surface area contributed by atoms with Crippen LogP contribution >= 0.6 is 0 Å². The fraction of sp³-hybridized carbons (Fsp3) is 0.667. The van der Waals surface area contributed by atoms with Crippen molar-refractivity contribution < 1.29 is 8.42 Å². The Bertz CT molecular complexity index is 434. The summed E-state index contributed by atoms with van der Waals surface area (Å²) in [5, 5.41) is 0.0616. The van der Waals surface area contributed by atoms with Crippen LogP contribution in [-0.2, 0) is 17.1 Å². The molecule has 1 aromatic rings. The highest BCUT2D eigenvalue weighted by Gasteiger charge is 2.25. The molecule has 0 bridgehead atoms. The number of hydrogen-bond donors (Lipinski definition) is 1. The van der Waals surface area contributed by atoms with Gasteiger partial charge < -0.3 is 4.57 Å². The number of sulfonamides is 1. The predicted octanol–water partition coefficient (Wildman–Crippen LogP) is 0.887. The molecule has 0 aliphatic rings. The van der Waals surface area contributed by atoms with Crippen molar-refractivity contribution in [1.29, 1.82) is 0 Å². The molecule has 0 radical (unpaired) electrons. The Labute approximate surface area is 90.6 Å². The molecular weight excluding hydrogens is 214 g/mol. The van der Waals surface area contributed by atoms with Gasteiger partial charge in [0.15, 0.2) is 5.03 Å². The number of imidazole rings is 1. The first-order valence-corrected chi connectivity index (χ1v) is 6.27. The first-order valence-electron chi connectivity index (χ1n) is 4.79. The van der Waals surface area contributed by atoms with Gasteiger partial charge in [-0.1, -0.05) is 6.92 Å². The molecule has 5 nitrogen and oxygen atoms in total. The van der Waals surface area contributed by atoms with Crippen LogP contribution in [0.5, 0.6) is 0 Å². The molecule has 1 aromatic heterocycles. The number of rotatable bonds is 4. The van der Waals surface area contributed by atoms with Crippen molar-refractivity contribution in [2.45, 2.75) is 37.8 Å². The van der Waals surface area contributed by atoms with Crippen LogP contribution in [0.4, 0.5) is 0 Å². The van der Waals surface area contributed by atoms with E-state index in [1.165, 1.54) is 12.5 Å². The zero-order chi connectivity index (χ0) is 11.7. The summed E-state index contributed by atoms with van der Waals surface area (Å²) in [6, 6.07) is 0. The lowest BCUT2D eigenvalue weighted by Crippen LogP contribution is -2.42. The highest BCUT2D eigenvalue weighted by Crippen LogP contribution is 2.13. The summed E-state index contributed by atoms with van der Waals surface area (Å²) in [4.78, 5) is 3.82. The topological polar surface area (TPSA) is 64.0 Å². The largest absolute Gasteiger partial charge is 0.339 e. The van der Waals surface area contributed by atoms with E-state index in [-0.39, 0.29) is 5.03 Å². The van der Waals surface area contributed by atoms with Gasteiger partial charge in [0.1, 0.15) is 0 Å². The standard InChI is InChI=1S/C9H17N3O2S/c1-5-9(2,3)11-15(13,14)8-6-12(4)7-10-8/h6-7,11H,5H2,1-4H3. The quantitative estimate of drug-likeness (QED) is 0.837. The van der Waals surface area contributed by atoms with Gasteiger partial charge in [-0.3, -0.25) is 0 Å². The van der Waals surface area contributed by atoms with Crippen molar-refractivity contribution >= 4 is 10.0 Å². The normalized spacial score (nSPS) is 13.1. The van der Waals surface area contributed by atoms with Gasteiger partial charge in [-0.2, -0.15) is 0 Å². The summed E-state index contributed by atoms with van der Waals surface area (Å²) in [6.07, 6.45) is 3.67. The Hall–Kier alpha value is -0.880. The molecule has 86 valence electrons. The minimum atomic E-state index is -3.49. The van der Waals surface area contributed by atoms with E-state index in [0.29, 0.717) is 0 Å². The molecule has 0 saturated heterocycles. The second-order valence-electron chi connectivity index (χ2n) is 4.22. The van der Waals surface area contributed by atoms with Gasteiger partial charge in [-0.05, 0) is 20.3 Å². The van der Waals surface area contributed by atoms with E-state index in [2.05, 4.69) is 9.71 Å². The minimum absolute atomic E-state index is 0.0616. The van der Waals surface area contributed by atoms with Crippen LogP contribution in [0.2, 0.25) is 0 Å². The smallest absolute Gasteiger partial charge is 0.260 e. The summed E-state index contributed by atoms with van der Waals surface area (Å²) < 4.78 is 27.9. The van der Waals surface area contributed by atoms with E-state index in [4.69, 9.17) is 0 Å². The third-order valence-corrected chi connectivity index (χ3v) is 3.83. The first-order chi connectivity index (χ1) is 6.77. The van der Waals surface area contributed by atoms with Gasteiger partial charge >= 0.3 is 0 Å². The molecular formula is C9H17N3O2S. The lowest BCUT2D eigenvalue weighted by atomic mass is 10.0. The second-order valence-corrected chi connectivity index (χ2v) is 5.85. The average molecular weight is 231 g/mol. The van der Waals surface area contributed by atoms with Gasteiger partial charge in [0.05, 0.1) is 6.33 Å². The molecule has 0 fully saturated rings. The first kappa shape index (κ1) is 12.2. The summed E-state index contributed by atoms with van der Waals surface area (Å²) in [5.74, 6) is 0. The molecule has 0 atom stereocenters.